The largest absolute Gasteiger partial charge is 0.504 e. The highest BCUT2D eigenvalue weighted by molar-refractivity contribution is 5.85. The summed E-state index contributed by atoms with van der Waals surface area (Å²) in [5.41, 5.74) is 8.31. The van der Waals surface area contributed by atoms with Gasteiger partial charge in [0.25, 0.3) is 0 Å². The van der Waals surface area contributed by atoms with Gasteiger partial charge in [-0.2, -0.15) is 0 Å². The molecule has 0 fully saturated rings. The molecule has 0 radical (unpaired) electrons. The molecule has 1 atom stereocenters. The summed E-state index contributed by atoms with van der Waals surface area (Å²) in [6.07, 6.45) is 0.759. The normalized spacial score (nSPS) is 11.5. The van der Waals surface area contributed by atoms with Crippen LogP contribution in [0.15, 0.2) is 48.5 Å². The van der Waals surface area contributed by atoms with Crippen molar-refractivity contribution >= 4 is 12.4 Å². The van der Waals surface area contributed by atoms with Crippen molar-refractivity contribution in [3.63, 3.8) is 0 Å². The monoisotopic (exact) mass is 279 g/mol. The van der Waals surface area contributed by atoms with Gasteiger partial charge >= 0.3 is 0 Å². The Morgan fingerprint density at radius 1 is 1.16 bits per heavy atom. The van der Waals surface area contributed by atoms with E-state index >= 15 is 0 Å². The van der Waals surface area contributed by atoms with Gasteiger partial charge in [-0.3, -0.25) is 0 Å². The average Bonchev–Trinajstić information content (AvgIpc) is 2.40. The Bertz CT molecular complexity index is 517. The van der Waals surface area contributed by atoms with Gasteiger partial charge in [0.2, 0.25) is 0 Å². The predicted octanol–water partition coefficient (Wildman–Crippen LogP) is 3.07. The molecule has 2 aromatic carbocycles. The quantitative estimate of drug-likeness (QED) is 0.904. The second-order valence-electron chi connectivity index (χ2n) is 4.23. The van der Waals surface area contributed by atoms with Crippen molar-refractivity contribution in [2.24, 2.45) is 5.73 Å². The SMILES string of the molecule is COc1cc(C(N)Cc2ccccc2)ccc1O.Cl. The molecule has 0 amide bonds. The Morgan fingerprint density at radius 3 is 2.47 bits per heavy atom. The van der Waals surface area contributed by atoms with Gasteiger partial charge in [0.05, 0.1) is 7.11 Å². The number of nitrogens with two attached hydrogens (primary N) is 1. The lowest BCUT2D eigenvalue weighted by atomic mass is 9.99. The molecule has 0 aliphatic carbocycles. The zero-order valence-electron chi connectivity index (χ0n) is 10.7. The Morgan fingerprint density at radius 2 is 1.84 bits per heavy atom. The summed E-state index contributed by atoms with van der Waals surface area (Å²) < 4.78 is 5.08. The van der Waals surface area contributed by atoms with E-state index in [1.807, 2.05) is 24.3 Å². The molecule has 102 valence electrons. The van der Waals surface area contributed by atoms with Crippen LogP contribution in [0.4, 0.5) is 0 Å². The van der Waals surface area contributed by atoms with Gasteiger partial charge in [0.15, 0.2) is 11.5 Å². The maximum Gasteiger partial charge on any atom is 0.160 e. The molecular formula is C15H18ClNO2. The van der Waals surface area contributed by atoms with E-state index in [0.29, 0.717) is 5.75 Å². The van der Waals surface area contributed by atoms with E-state index < -0.39 is 0 Å². The minimum atomic E-state index is -0.109. The molecule has 0 saturated carbocycles. The summed E-state index contributed by atoms with van der Waals surface area (Å²) >= 11 is 0. The summed E-state index contributed by atoms with van der Waals surface area (Å²) in [5, 5.41) is 9.54. The molecule has 3 N–H and O–H groups in total. The van der Waals surface area contributed by atoms with Crippen molar-refractivity contribution in [3.05, 3.63) is 59.7 Å². The van der Waals surface area contributed by atoms with Gasteiger partial charge in [-0.25, -0.2) is 0 Å². The highest BCUT2D eigenvalue weighted by Gasteiger charge is 2.10. The summed E-state index contributed by atoms with van der Waals surface area (Å²) in [6, 6.07) is 15.2. The number of phenolic OH excluding ortho intramolecular Hbond substituents is 1. The Labute approximate surface area is 119 Å². The van der Waals surface area contributed by atoms with Crippen LogP contribution in [0.1, 0.15) is 17.2 Å². The third-order valence-corrected chi connectivity index (χ3v) is 2.93. The number of rotatable bonds is 4. The zero-order valence-corrected chi connectivity index (χ0v) is 11.6. The molecule has 0 spiro atoms. The molecule has 0 aliphatic heterocycles. The van der Waals surface area contributed by atoms with Crippen molar-refractivity contribution in [2.75, 3.05) is 7.11 Å². The molecule has 1 unspecified atom stereocenters. The van der Waals surface area contributed by atoms with Crippen molar-refractivity contribution in [1.29, 1.82) is 0 Å². The molecule has 2 rings (SSSR count). The average molecular weight is 280 g/mol. The first-order valence-corrected chi connectivity index (χ1v) is 5.87. The summed E-state index contributed by atoms with van der Waals surface area (Å²) in [7, 11) is 1.53. The molecule has 0 aliphatic rings. The fourth-order valence-electron chi connectivity index (χ4n) is 1.91. The minimum Gasteiger partial charge on any atom is -0.504 e. The summed E-state index contributed by atoms with van der Waals surface area (Å²) in [6.45, 7) is 0. The molecular weight excluding hydrogens is 262 g/mol. The number of phenols is 1. The molecule has 0 saturated heterocycles. The fraction of sp³-hybridized carbons (Fsp3) is 0.200. The van der Waals surface area contributed by atoms with Gasteiger partial charge in [-0.05, 0) is 29.7 Å². The van der Waals surface area contributed by atoms with E-state index in [2.05, 4.69) is 12.1 Å². The number of halogens is 1. The highest BCUT2D eigenvalue weighted by atomic mass is 35.5. The van der Waals surface area contributed by atoms with Crippen molar-refractivity contribution in [1.82, 2.24) is 0 Å². The van der Waals surface area contributed by atoms with E-state index in [0.717, 1.165) is 12.0 Å². The third-order valence-electron chi connectivity index (χ3n) is 2.93. The Kier molecular flexibility index (Phi) is 5.67. The van der Waals surface area contributed by atoms with Crippen LogP contribution in [0.5, 0.6) is 11.5 Å². The number of aromatic hydroxyl groups is 1. The van der Waals surface area contributed by atoms with E-state index in [4.69, 9.17) is 10.5 Å². The fourth-order valence-corrected chi connectivity index (χ4v) is 1.91. The predicted molar refractivity (Wildman–Crippen MR) is 79.0 cm³/mol. The van der Waals surface area contributed by atoms with Crippen LogP contribution in [-0.2, 0) is 6.42 Å². The molecule has 4 heteroatoms. The number of hydrogen-bond donors (Lipinski definition) is 2. The minimum absolute atomic E-state index is 0. The number of methoxy groups -OCH3 is 1. The molecule has 2 aromatic rings. The van der Waals surface area contributed by atoms with Crippen molar-refractivity contribution < 1.29 is 9.84 Å². The van der Waals surface area contributed by atoms with Gasteiger partial charge in [-0.15, -0.1) is 12.4 Å². The first-order valence-electron chi connectivity index (χ1n) is 5.87. The maximum absolute atomic E-state index is 9.54. The number of benzene rings is 2. The number of ether oxygens (including phenoxy) is 1. The molecule has 0 aromatic heterocycles. The molecule has 19 heavy (non-hydrogen) atoms. The lowest BCUT2D eigenvalue weighted by molar-refractivity contribution is 0.372. The zero-order chi connectivity index (χ0) is 13.0. The van der Waals surface area contributed by atoms with Crippen LogP contribution >= 0.6 is 12.4 Å². The van der Waals surface area contributed by atoms with E-state index in [1.165, 1.54) is 12.7 Å². The van der Waals surface area contributed by atoms with Crippen molar-refractivity contribution in [2.45, 2.75) is 12.5 Å². The lowest BCUT2D eigenvalue weighted by Crippen LogP contribution is -2.13. The van der Waals surface area contributed by atoms with Crippen LogP contribution in [0.25, 0.3) is 0 Å². The van der Waals surface area contributed by atoms with E-state index in [1.54, 1.807) is 12.1 Å². The van der Waals surface area contributed by atoms with Crippen LogP contribution in [0.2, 0.25) is 0 Å². The summed E-state index contributed by atoms with van der Waals surface area (Å²) in [5.74, 6) is 0.587. The van der Waals surface area contributed by atoms with Gasteiger partial charge in [0.1, 0.15) is 0 Å². The standard InChI is InChI=1S/C15H17NO2.ClH/c1-18-15-10-12(7-8-14(15)17)13(16)9-11-5-3-2-4-6-11;/h2-8,10,13,17H,9,16H2,1H3;1H. The van der Waals surface area contributed by atoms with Crippen LogP contribution in [0, 0.1) is 0 Å². The number of hydrogen-bond acceptors (Lipinski definition) is 3. The van der Waals surface area contributed by atoms with Gasteiger partial charge in [0, 0.05) is 6.04 Å². The van der Waals surface area contributed by atoms with Crippen LogP contribution in [0.3, 0.4) is 0 Å². The highest BCUT2D eigenvalue weighted by Crippen LogP contribution is 2.29. The maximum atomic E-state index is 9.54. The Balaban J connectivity index is 0.00000180. The first kappa shape index (κ1) is 15.3. The van der Waals surface area contributed by atoms with Crippen LogP contribution in [-0.4, -0.2) is 12.2 Å². The smallest absolute Gasteiger partial charge is 0.160 e. The second kappa shape index (κ2) is 7.02. The molecule has 0 heterocycles. The molecule has 3 nitrogen and oxygen atoms in total. The van der Waals surface area contributed by atoms with Crippen molar-refractivity contribution in [3.8, 4) is 11.5 Å². The Hall–Kier alpha value is -1.71. The van der Waals surface area contributed by atoms with Gasteiger partial charge in [-0.1, -0.05) is 36.4 Å². The summed E-state index contributed by atoms with van der Waals surface area (Å²) in [4.78, 5) is 0. The van der Waals surface area contributed by atoms with Crippen LogP contribution < -0.4 is 10.5 Å². The van der Waals surface area contributed by atoms with E-state index in [-0.39, 0.29) is 24.2 Å². The first-order chi connectivity index (χ1) is 8.70. The topological polar surface area (TPSA) is 55.5 Å². The third kappa shape index (κ3) is 3.88. The lowest BCUT2D eigenvalue weighted by Gasteiger charge is -2.14. The second-order valence-corrected chi connectivity index (χ2v) is 4.23. The van der Waals surface area contributed by atoms with Gasteiger partial charge < -0.3 is 15.6 Å². The van der Waals surface area contributed by atoms with E-state index in [9.17, 15) is 5.11 Å². The molecule has 0 bridgehead atoms.